The van der Waals surface area contributed by atoms with E-state index in [1.807, 2.05) is 30.3 Å². The molecule has 0 bridgehead atoms. The SMILES string of the molecule is CCOC(=O)c1cccc(NC(=S)N[C@@H](c2ccccc2)c2cccc(C)c2)c1. The molecule has 0 radical (unpaired) electrons. The van der Waals surface area contributed by atoms with E-state index in [0.29, 0.717) is 17.3 Å². The number of aryl methyl sites for hydroxylation is 1. The molecule has 29 heavy (non-hydrogen) atoms. The van der Waals surface area contributed by atoms with Crippen molar-refractivity contribution in [2.45, 2.75) is 19.9 Å². The molecule has 0 unspecified atom stereocenters. The van der Waals surface area contributed by atoms with E-state index in [1.165, 1.54) is 5.56 Å². The summed E-state index contributed by atoms with van der Waals surface area (Å²) in [5.74, 6) is -0.350. The second kappa shape index (κ2) is 9.85. The van der Waals surface area contributed by atoms with Crippen molar-refractivity contribution in [2.24, 2.45) is 0 Å². The number of esters is 1. The zero-order valence-electron chi connectivity index (χ0n) is 16.5. The maximum absolute atomic E-state index is 12.0. The van der Waals surface area contributed by atoms with Gasteiger partial charge in [-0.15, -0.1) is 0 Å². The van der Waals surface area contributed by atoms with Crippen LogP contribution in [0.15, 0.2) is 78.9 Å². The Labute approximate surface area is 176 Å². The normalized spacial score (nSPS) is 11.4. The molecule has 0 spiro atoms. The molecule has 1 atom stereocenters. The number of carbonyl (C=O) groups is 1. The van der Waals surface area contributed by atoms with Gasteiger partial charge in [-0.2, -0.15) is 0 Å². The molecule has 0 heterocycles. The Balaban J connectivity index is 1.79. The predicted molar refractivity (Wildman–Crippen MR) is 121 cm³/mol. The highest BCUT2D eigenvalue weighted by Gasteiger charge is 2.16. The van der Waals surface area contributed by atoms with E-state index < -0.39 is 0 Å². The van der Waals surface area contributed by atoms with Crippen molar-refractivity contribution in [3.63, 3.8) is 0 Å². The third-order valence-electron chi connectivity index (χ3n) is 4.42. The average Bonchev–Trinajstić information content (AvgIpc) is 2.73. The van der Waals surface area contributed by atoms with Gasteiger partial charge < -0.3 is 15.4 Å². The van der Waals surface area contributed by atoms with Crippen LogP contribution in [0, 0.1) is 6.92 Å². The van der Waals surface area contributed by atoms with Crippen molar-refractivity contribution in [1.82, 2.24) is 5.32 Å². The lowest BCUT2D eigenvalue weighted by molar-refractivity contribution is 0.0526. The highest BCUT2D eigenvalue weighted by Crippen LogP contribution is 2.23. The van der Waals surface area contributed by atoms with Crippen LogP contribution in [0.1, 0.15) is 40.0 Å². The summed E-state index contributed by atoms with van der Waals surface area (Å²) in [5, 5.41) is 7.05. The van der Waals surface area contributed by atoms with E-state index in [1.54, 1.807) is 25.1 Å². The molecule has 3 aromatic rings. The molecule has 0 aromatic heterocycles. The van der Waals surface area contributed by atoms with Gasteiger partial charge in [-0.3, -0.25) is 0 Å². The molecule has 4 nitrogen and oxygen atoms in total. The fourth-order valence-corrected chi connectivity index (χ4v) is 3.33. The summed E-state index contributed by atoms with van der Waals surface area (Å²) in [4.78, 5) is 12.0. The first-order valence-corrected chi connectivity index (χ1v) is 9.94. The van der Waals surface area contributed by atoms with Crippen molar-refractivity contribution >= 4 is 29.0 Å². The average molecular weight is 405 g/mol. The first-order valence-electron chi connectivity index (χ1n) is 9.53. The van der Waals surface area contributed by atoms with Crippen LogP contribution in [0.3, 0.4) is 0 Å². The molecule has 5 heteroatoms. The van der Waals surface area contributed by atoms with Crippen LogP contribution >= 0.6 is 12.2 Å². The minimum atomic E-state index is -0.350. The Morgan fingerprint density at radius 3 is 2.41 bits per heavy atom. The Kier molecular flexibility index (Phi) is 6.98. The minimum absolute atomic E-state index is 0.0932. The topological polar surface area (TPSA) is 50.4 Å². The number of anilines is 1. The summed E-state index contributed by atoms with van der Waals surface area (Å²) < 4.78 is 5.06. The third kappa shape index (κ3) is 5.65. The van der Waals surface area contributed by atoms with Gasteiger partial charge in [0.05, 0.1) is 18.2 Å². The molecule has 0 aliphatic rings. The smallest absolute Gasteiger partial charge is 0.338 e. The number of benzene rings is 3. The standard InChI is InChI=1S/C24H24N2O2S/c1-3-28-23(27)20-13-8-14-21(16-20)25-24(29)26-22(18-10-5-4-6-11-18)19-12-7-9-17(2)15-19/h4-16,22H,3H2,1-2H3,(H2,25,26,29)/t22-/m0/s1. The molecule has 0 aliphatic heterocycles. The second-order valence-corrected chi connectivity index (χ2v) is 7.07. The number of ether oxygens (including phenoxy) is 1. The van der Waals surface area contributed by atoms with Crippen LogP contribution < -0.4 is 10.6 Å². The maximum Gasteiger partial charge on any atom is 0.338 e. The molecular weight excluding hydrogens is 380 g/mol. The van der Waals surface area contributed by atoms with Crippen LogP contribution in [0.5, 0.6) is 0 Å². The monoisotopic (exact) mass is 404 g/mol. The van der Waals surface area contributed by atoms with E-state index in [4.69, 9.17) is 17.0 Å². The number of carbonyl (C=O) groups excluding carboxylic acids is 1. The molecule has 2 N–H and O–H groups in total. The number of rotatable bonds is 6. The lowest BCUT2D eigenvalue weighted by atomic mass is 9.97. The molecule has 0 saturated carbocycles. The predicted octanol–water partition coefficient (Wildman–Crippen LogP) is 5.25. The molecule has 0 aliphatic carbocycles. The molecule has 0 fully saturated rings. The largest absolute Gasteiger partial charge is 0.462 e. The molecule has 3 rings (SSSR count). The summed E-state index contributed by atoms with van der Waals surface area (Å²) in [6.07, 6.45) is 0. The minimum Gasteiger partial charge on any atom is -0.462 e. The van der Waals surface area contributed by atoms with Gasteiger partial charge in [0.25, 0.3) is 0 Å². The Morgan fingerprint density at radius 2 is 1.69 bits per heavy atom. The third-order valence-corrected chi connectivity index (χ3v) is 4.64. The lowest BCUT2D eigenvalue weighted by Crippen LogP contribution is -2.33. The fourth-order valence-electron chi connectivity index (χ4n) is 3.09. The number of nitrogens with one attached hydrogen (secondary N) is 2. The lowest BCUT2D eigenvalue weighted by Gasteiger charge is -2.22. The van der Waals surface area contributed by atoms with Crippen LogP contribution in [0.2, 0.25) is 0 Å². The van der Waals surface area contributed by atoms with E-state index in [0.717, 1.165) is 16.8 Å². The fraction of sp³-hybridized carbons (Fsp3) is 0.167. The van der Waals surface area contributed by atoms with Crippen LogP contribution in [-0.4, -0.2) is 17.7 Å². The summed E-state index contributed by atoms with van der Waals surface area (Å²) >= 11 is 5.57. The molecular formula is C24H24N2O2S. The highest BCUT2D eigenvalue weighted by atomic mass is 32.1. The van der Waals surface area contributed by atoms with Crippen LogP contribution in [-0.2, 0) is 4.74 Å². The summed E-state index contributed by atoms with van der Waals surface area (Å²) in [5.41, 5.74) is 4.64. The van der Waals surface area contributed by atoms with Gasteiger partial charge in [-0.1, -0.05) is 66.2 Å². The summed E-state index contributed by atoms with van der Waals surface area (Å²) in [7, 11) is 0. The quantitative estimate of drug-likeness (QED) is 0.434. The van der Waals surface area contributed by atoms with E-state index >= 15 is 0 Å². The van der Waals surface area contributed by atoms with Gasteiger partial charge >= 0.3 is 5.97 Å². The maximum atomic E-state index is 12.0. The molecule has 148 valence electrons. The van der Waals surface area contributed by atoms with Gasteiger partial charge in [0.15, 0.2) is 5.11 Å². The van der Waals surface area contributed by atoms with Crippen molar-refractivity contribution in [3.05, 3.63) is 101 Å². The number of hydrogen-bond donors (Lipinski definition) is 2. The van der Waals surface area contributed by atoms with E-state index in [9.17, 15) is 4.79 Å². The Hall–Kier alpha value is -3.18. The van der Waals surface area contributed by atoms with Gasteiger partial charge in [0, 0.05) is 5.69 Å². The van der Waals surface area contributed by atoms with Crippen molar-refractivity contribution in [3.8, 4) is 0 Å². The molecule has 3 aromatic carbocycles. The second-order valence-electron chi connectivity index (χ2n) is 6.66. The van der Waals surface area contributed by atoms with Crippen molar-refractivity contribution in [2.75, 3.05) is 11.9 Å². The Bertz CT molecular complexity index is 989. The summed E-state index contributed by atoms with van der Waals surface area (Å²) in [6, 6.07) is 25.5. The number of thiocarbonyl (C=S) groups is 1. The molecule has 0 saturated heterocycles. The first kappa shape index (κ1) is 20.6. The van der Waals surface area contributed by atoms with Crippen LogP contribution in [0.25, 0.3) is 0 Å². The Morgan fingerprint density at radius 1 is 0.966 bits per heavy atom. The van der Waals surface area contributed by atoms with Crippen molar-refractivity contribution in [1.29, 1.82) is 0 Å². The van der Waals surface area contributed by atoms with Gasteiger partial charge in [-0.25, -0.2) is 4.79 Å². The molecule has 0 amide bonds. The van der Waals surface area contributed by atoms with Gasteiger partial charge in [0.2, 0.25) is 0 Å². The van der Waals surface area contributed by atoms with Crippen molar-refractivity contribution < 1.29 is 9.53 Å². The van der Waals surface area contributed by atoms with E-state index in [-0.39, 0.29) is 12.0 Å². The number of hydrogen-bond acceptors (Lipinski definition) is 3. The summed E-state index contributed by atoms with van der Waals surface area (Å²) in [6.45, 7) is 4.20. The first-order chi connectivity index (χ1) is 14.1. The zero-order chi connectivity index (χ0) is 20.6. The highest BCUT2D eigenvalue weighted by molar-refractivity contribution is 7.80. The van der Waals surface area contributed by atoms with Gasteiger partial charge in [-0.05, 0) is 55.4 Å². The zero-order valence-corrected chi connectivity index (χ0v) is 17.3. The van der Waals surface area contributed by atoms with Crippen LogP contribution in [0.4, 0.5) is 5.69 Å². The van der Waals surface area contributed by atoms with E-state index in [2.05, 4.69) is 47.9 Å². The van der Waals surface area contributed by atoms with Gasteiger partial charge in [0.1, 0.15) is 0 Å².